The number of piperidine rings is 1. The van der Waals surface area contributed by atoms with E-state index >= 15 is 0 Å². The van der Waals surface area contributed by atoms with Crippen molar-refractivity contribution in [2.45, 2.75) is 70.7 Å². The van der Waals surface area contributed by atoms with Gasteiger partial charge in [-0.3, -0.25) is 4.79 Å². The monoisotopic (exact) mass is 497 g/mol. The number of hydrogen-bond acceptors (Lipinski definition) is 5. The highest BCUT2D eigenvalue weighted by Crippen LogP contribution is 2.34. The molecule has 4 rings (SSSR count). The van der Waals surface area contributed by atoms with Crippen molar-refractivity contribution in [3.8, 4) is 5.75 Å². The zero-order valence-corrected chi connectivity index (χ0v) is 21.4. The van der Waals surface area contributed by atoms with Crippen molar-refractivity contribution in [2.24, 2.45) is 5.92 Å². The molecule has 194 valence electrons. The van der Waals surface area contributed by atoms with Gasteiger partial charge in [0.05, 0.1) is 12.5 Å². The van der Waals surface area contributed by atoms with Crippen LogP contribution in [0.15, 0.2) is 48.5 Å². The number of halogens is 1. The second-order valence-electron chi connectivity index (χ2n) is 10.1. The molecule has 2 aliphatic heterocycles. The Bertz CT molecular complexity index is 1030. The van der Waals surface area contributed by atoms with E-state index in [9.17, 15) is 14.0 Å². The molecule has 0 aromatic heterocycles. The molecule has 0 spiro atoms. The fourth-order valence-corrected chi connectivity index (χ4v) is 5.18. The van der Waals surface area contributed by atoms with Gasteiger partial charge in [-0.25, -0.2) is 9.18 Å². The third-order valence-electron chi connectivity index (χ3n) is 7.04. The van der Waals surface area contributed by atoms with Gasteiger partial charge >= 0.3 is 5.97 Å². The van der Waals surface area contributed by atoms with Crippen molar-refractivity contribution >= 4 is 11.9 Å². The molecule has 6 nitrogen and oxygen atoms in total. The molecule has 2 fully saturated rings. The van der Waals surface area contributed by atoms with Crippen LogP contribution in [-0.2, 0) is 25.5 Å². The highest BCUT2D eigenvalue weighted by atomic mass is 19.1. The van der Waals surface area contributed by atoms with Gasteiger partial charge < -0.3 is 19.1 Å². The normalized spacial score (nSPS) is 20.7. The van der Waals surface area contributed by atoms with Crippen molar-refractivity contribution in [2.75, 3.05) is 19.7 Å². The number of ether oxygens (including phenoxy) is 3. The number of aryl methyl sites for hydroxylation is 1. The van der Waals surface area contributed by atoms with Crippen LogP contribution in [0.25, 0.3) is 0 Å². The Morgan fingerprint density at radius 1 is 1.11 bits per heavy atom. The van der Waals surface area contributed by atoms with Gasteiger partial charge in [-0.05, 0) is 80.3 Å². The van der Waals surface area contributed by atoms with Crippen molar-refractivity contribution < 1.29 is 28.2 Å². The smallest absolute Gasteiger partial charge is 0.338 e. The van der Waals surface area contributed by atoms with Crippen LogP contribution in [0.4, 0.5) is 4.39 Å². The lowest BCUT2D eigenvalue weighted by atomic mass is 9.87. The molecule has 0 radical (unpaired) electrons. The van der Waals surface area contributed by atoms with E-state index in [1.807, 2.05) is 48.2 Å². The molecule has 2 aromatic carbocycles. The Morgan fingerprint density at radius 3 is 2.36 bits per heavy atom. The number of hydrogen-bond donors (Lipinski definition) is 0. The molecule has 2 saturated heterocycles. The number of carbonyl (C=O) groups excluding carboxylic acids is 2. The zero-order valence-electron chi connectivity index (χ0n) is 21.4. The predicted octanol–water partition coefficient (Wildman–Crippen LogP) is 5.25. The first-order chi connectivity index (χ1) is 17.3. The van der Waals surface area contributed by atoms with Gasteiger partial charge in [0, 0.05) is 26.9 Å². The molecule has 2 aromatic rings. The summed E-state index contributed by atoms with van der Waals surface area (Å²) in [6, 6.07) is 14.6. The van der Waals surface area contributed by atoms with Gasteiger partial charge in [-0.15, -0.1) is 0 Å². The Labute approximate surface area is 212 Å². The molecule has 2 heterocycles. The molecule has 7 heteroatoms. The standard InChI is InChI=1S/C29H36FNO5/c1-4-34-24-14-8-20(9-15-24)6-5-7-25(26-28(33)36-29(2,3)35-26)27(32)31-18-16-22(17-19-31)21-10-12-23(30)13-11-21/h8-15,22,25-26H,4-7,16-19H2,1-3H3/t25-,26+/m1/s1. The summed E-state index contributed by atoms with van der Waals surface area (Å²) in [6.07, 6.45) is 2.76. The lowest BCUT2D eigenvalue weighted by Crippen LogP contribution is -2.46. The van der Waals surface area contributed by atoms with Crippen LogP contribution in [-0.4, -0.2) is 48.4 Å². The summed E-state index contributed by atoms with van der Waals surface area (Å²) < 4.78 is 30.1. The molecule has 0 bridgehead atoms. The molecule has 0 unspecified atom stereocenters. The molecule has 0 N–H and O–H groups in total. The fraction of sp³-hybridized carbons (Fsp3) is 0.517. The maximum atomic E-state index is 13.7. The Balaban J connectivity index is 1.39. The van der Waals surface area contributed by atoms with Crippen LogP contribution in [0.1, 0.15) is 63.5 Å². The number of nitrogens with zero attached hydrogens (tertiary/aromatic N) is 1. The summed E-state index contributed by atoms with van der Waals surface area (Å²) in [5, 5.41) is 0. The Kier molecular flexibility index (Phi) is 8.29. The van der Waals surface area contributed by atoms with Crippen molar-refractivity contribution in [1.82, 2.24) is 4.90 Å². The number of rotatable bonds is 9. The SMILES string of the molecule is CCOc1ccc(CCC[C@@H](C(=O)N2CCC(c3ccc(F)cc3)CC2)[C@@H]2OC(C)(C)OC2=O)cc1. The van der Waals surface area contributed by atoms with Crippen molar-refractivity contribution in [3.05, 3.63) is 65.5 Å². The molecule has 0 saturated carbocycles. The van der Waals surface area contributed by atoms with E-state index in [0.29, 0.717) is 32.0 Å². The number of cyclic esters (lactones) is 1. The van der Waals surface area contributed by atoms with Crippen LogP contribution in [0.2, 0.25) is 0 Å². The molecule has 1 amide bonds. The van der Waals surface area contributed by atoms with Crippen LogP contribution in [0.3, 0.4) is 0 Å². The summed E-state index contributed by atoms with van der Waals surface area (Å²) in [5.74, 6) is -1.28. The molecular weight excluding hydrogens is 461 g/mol. The summed E-state index contributed by atoms with van der Waals surface area (Å²) in [7, 11) is 0. The highest BCUT2D eigenvalue weighted by Gasteiger charge is 2.48. The second kappa shape index (κ2) is 11.4. The third kappa shape index (κ3) is 6.44. The first-order valence-corrected chi connectivity index (χ1v) is 12.9. The maximum absolute atomic E-state index is 13.7. The number of amides is 1. The third-order valence-corrected chi connectivity index (χ3v) is 7.04. The van der Waals surface area contributed by atoms with E-state index in [4.69, 9.17) is 14.2 Å². The summed E-state index contributed by atoms with van der Waals surface area (Å²) in [4.78, 5) is 28.2. The number of likely N-dealkylation sites (tertiary alicyclic amines) is 1. The minimum atomic E-state index is -1.04. The summed E-state index contributed by atoms with van der Waals surface area (Å²) in [6.45, 7) is 7.16. The minimum absolute atomic E-state index is 0.0566. The molecular formula is C29H36FNO5. The van der Waals surface area contributed by atoms with Gasteiger partial charge in [-0.2, -0.15) is 0 Å². The lowest BCUT2D eigenvalue weighted by Gasteiger charge is -2.35. The zero-order chi connectivity index (χ0) is 25.7. The van der Waals surface area contributed by atoms with Gasteiger partial charge in [-0.1, -0.05) is 24.3 Å². The number of carbonyl (C=O) groups is 2. The van der Waals surface area contributed by atoms with Gasteiger partial charge in [0.25, 0.3) is 0 Å². The fourth-order valence-electron chi connectivity index (χ4n) is 5.18. The average Bonchev–Trinajstić information content (AvgIpc) is 3.15. The first kappa shape index (κ1) is 26.1. The van der Waals surface area contributed by atoms with Crippen LogP contribution < -0.4 is 4.74 Å². The molecule has 0 aliphatic carbocycles. The van der Waals surface area contributed by atoms with Crippen LogP contribution >= 0.6 is 0 Å². The topological polar surface area (TPSA) is 65.1 Å². The number of benzene rings is 2. The second-order valence-corrected chi connectivity index (χ2v) is 10.1. The predicted molar refractivity (Wildman–Crippen MR) is 134 cm³/mol. The lowest BCUT2D eigenvalue weighted by molar-refractivity contribution is -0.163. The van der Waals surface area contributed by atoms with Crippen LogP contribution in [0, 0.1) is 11.7 Å². The summed E-state index contributed by atoms with van der Waals surface area (Å²) >= 11 is 0. The van der Waals surface area contributed by atoms with Gasteiger partial charge in [0.2, 0.25) is 11.7 Å². The van der Waals surface area contributed by atoms with Gasteiger partial charge in [0.1, 0.15) is 11.6 Å². The van der Waals surface area contributed by atoms with E-state index < -0.39 is 23.8 Å². The number of esters is 1. The van der Waals surface area contributed by atoms with E-state index in [1.165, 1.54) is 12.1 Å². The first-order valence-electron chi connectivity index (χ1n) is 12.9. The van der Waals surface area contributed by atoms with E-state index in [-0.39, 0.29) is 11.7 Å². The molecule has 36 heavy (non-hydrogen) atoms. The Hall–Kier alpha value is -2.93. The van der Waals surface area contributed by atoms with E-state index in [1.54, 1.807) is 13.8 Å². The van der Waals surface area contributed by atoms with Gasteiger partial charge in [0.15, 0.2) is 6.10 Å². The van der Waals surface area contributed by atoms with Crippen molar-refractivity contribution in [3.63, 3.8) is 0 Å². The average molecular weight is 498 g/mol. The molecule has 2 atom stereocenters. The van der Waals surface area contributed by atoms with Crippen molar-refractivity contribution in [1.29, 1.82) is 0 Å². The van der Waals surface area contributed by atoms with E-state index in [0.717, 1.165) is 42.6 Å². The quantitative estimate of drug-likeness (QED) is 0.443. The minimum Gasteiger partial charge on any atom is -0.494 e. The Morgan fingerprint density at radius 2 is 1.78 bits per heavy atom. The van der Waals surface area contributed by atoms with E-state index in [2.05, 4.69) is 0 Å². The summed E-state index contributed by atoms with van der Waals surface area (Å²) in [5.41, 5.74) is 2.25. The maximum Gasteiger partial charge on any atom is 0.338 e. The highest BCUT2D eigenvalue weighted by molar-refractivity contribution is 5.87. The largest absolute Gasteiger partial charge is 0.494 e. The van der Waals surface area contributed by atoms with Crippen LogP contribution in [0.5, 0.6) is 5.75 Å². The molecule has 2 aliphatic rings.